The number of carbonyl (C=O) groups is 1. The molecule has 2 rings (SSSR count). The molecule has 2 aromatic carbocycles. The Balaban J connectivity index is 2.33. The van der Waals surface area contributed by atoms with E-state index in [1.807, 2.05) is 0 Å². The fraction of sp³-hybridized carbons (Fsp3) is 0.250. The maximum Gasteiger partial charge on any atom is 0.416 e. The highest BCUT2D eigenvalue weighted by Gasteiger charge is 2.31. The Hall–Kier alpha value is -3.36. The van der Waals surface area contributed by atoms with Crippen molar-refractivity contribution in [2.45, 2.75) is 19.2 Å². The summed E-state index contributed by atoms with van der Waals surface area (Å²) in [6.07, 6.45) is -5.31. The first-order valence-corrected chi connectivity index (χ1v) is 8.54. The second kappa shape index (κ2) is 9.22. The number of carbonyl (C=O) groups excluding carboxylic acids is 1. The number of ether oxygens (including phenoxy) is 1. The molecule has 1 unspecified atom stereocenters. The monoisotopic (exact) mass is 407 g/mol. The molecule has 2 N–H and O–H groups in total. The van der Waals surface area contributed by atoms with E-state index in [1.165, 1.54) is 33.2 Å². The number of likely N-dealkylation sites (N-methyl/N-ethyl adjacent to an activating group) is 1. The molecule has 0 radical (unpaired) electrons. The lowest BCUT2D eigenvalue weighted by atomic mass is 10.0. The lowest BCUT2D eigenvalue weighted by molar-refractivity contribution is -0.137. The predicted molar refractivity (Wildman–Crippen MR) is 102 cm³/mol. The zero-order chi connectivity index (χ0) is 21.6. The van der Waals surface area contributed by atoms with Crippen LogP contribution in [0.2, 0.25) is 0 Å². The zero-order valence-corrected chi connectivity index (χ0v) is 16.0. The summed E-state index contributed by atoms with van der Waals surface area (Å²) in [6.45, 7) is 1.54. The van der Waals surface area contributed by atoms with Gasteiger partial charge in [0.1, 0.15) is 13.2 Å². The topological polar surface area (TPSA) is 83.8 Å². The molecule has 0 spiro atoms. The molecule has 0 aliphatic rings. The van der Waals surface area contributed by atoms with Crippen molar-refractivity contribution < 1.29 is 27.5 Å². The number of amides is 1. The van der Waals surface area contributed by atoms with Crippen LogP contribution < -0.4 is 5.32 Å². The van der Waals surface area contributed by atoms with Crippen LogP contribution in [-0.2, 0) is 20.5 Å². The zero-order valence-electron chi connectivity index (χ0n) is 16.0. The first-order chi connectivity index (χ1) is 13.7. The van der Waals surface area contributed by atoms with Crippen molar-refractivity contribution in [2.24, 2.45) is 5.16 Å². The number of rotatable bonds is 6. The van der Waals surface area contributed by atoms with Gasteiger partial charge in [-0.15, -0.1) is 0 Å². The number of benzene rings is 2. The van der Waals surface area contributed by atoms with Crippen molar-refractivity contribution in [3.05, 3.63) is 70.8 Å². The van der Waals surface area contributed by atoms with Crippen molar-refractivity contribution in [1.29, 1.82) is 5.41 Å². The molecule has 2 aromatic rings. The molecule has 154 valence electrons. The third-order valence-electron chi connectivity index (χ3n) is 4.03. The molecule has 0 saturated heterocycles. The quantitative estimate of drug-likeness (QED) is 0.433. The highest BCUT2D eigenvalue weighted by molar-refractivity contribution is 6.46. The van der Waals surface area contributed by atoms with Crippen LogP contribution in [0.25, 0.3) is 0 Å². The van der Waals surface area contributed by atoms with Gasteiger partial charge in [-0.2, -0.15) is 13.2 Å². The number of alkyl halides is 3. The van der Waals surface area contributed by atoms with Gasteiger partial charge in [0.05, 0.1) is 5.56 Å². The van der Waals surface area contributed by atoms with Crippen LogP contribution >= 0.6 is 0 Å². The highest BCUT2D eigenvalue weighted by Crippen LogP contribution is 2.31. The summed E-state index contributed by atoms with van der Waals surface area (Å²) in [5, 5.41) is 14.4. The summed E-state index contributed by atoms with van der Waals surface area (Å²) in [6, 6.07) is 11.1. The summed E-state index contributed by atoms with van der Waals surface area (Å²) < 4.78 is 44.4. The van der Waals surface area contributed by atoms with E-state index in [0.717, 1.165) is 12.1 Å². The Morgan fingerprint density at radius 1 is 1.14 bits per heavy atom. The molecule has 1 atom stereocenters. The minimum absolute atomic E-state index is 0.0642. The maximum absolute atomic E-state index is 12.9. The van der Waals surface area contributed by atoms with E-state index >= 15 is 0 Å². The number of hydrogen-bond acceptors (Lipinski definition) is 5. The van der Waals surface area contributed by atoms with Gasteiger partial charge in [0.25, 0.3) is 5.91 Å². The van der Waals surface area contributed by atoms with Crippen molar-refractivity contribution in [2.75, 3.05) is 14.2 Å². The Bertz CT molecular complexity index is 926. The number of halogens is 3. The van der Waals surface area contributed by atoms with Gasteiger partial charge in [0, 0.05) is 18.2 Å². The number of oxime groups is 1. The molecule has 0 heterocycles. The SMILES string of the molecule is CNC(=O)/C(=N\OC)c1ccccc1C(=N)OC(C)c1cccc(C(F)(F)F)c1. The third-order valence-corrected chi connectivity index (χ3v) is 4.03. The van der Waals surface area contributed by atoms with Crippen LogP contribution in [0.4, 0.5) is 13.2 Å². The molecule has 6 nitrogen and oxygen atoms in total. The fourth-order valence-electron chi connectivity index (χ4n) is 2.59. The van der Waals surface area contributed by atoms with Crippen molar-refractivity contribution >= 4 is 17.5 Å². The summed E-state index contributed by atoms with van der Waals surface area (Å²) in [7, 11) is 2.71. The standard InChI is InChI=1S/C20H20F3N3O3/c1-12(13-7-6-8-14(11-13)20(21,22)23)29-18(24)16-10-5-4-9-15(16)17(26-28-3)19(27)25-2/h4-12,24H,1-3H3,(H,25,27)/b24-18?,26-17-. The fourth-order valence-corrected chi connectivity index (χ4v) is 2.59. The van der Waals surface area contributed by atoms with E-state index in [0.29, 0.717) is 0 Å². The predicted octanol–water partition coefficient (Wildman–Crippen LogP) is 3.91. The minimum Gasteiger partial charge on any atom is -0.470 e. The highest BCUT2D eigenvalue weighted by atomic mass is 19.4. The van der Waals surface area contributed by atoms with Crippen LogP contribution in [0.5, 0.6) is 0 Å². The first kappa shape index (κ1) is 21.9. The van der Waals surface area contributed by atoms with Crippen molar-refractivity contribution in [1.82, 2.24) is 5.32 Å². The van der Waals surface area contributed by atoms with Crippen LogP contribution in [0.1, 0.15) is 35.3 Å². The summed E-state index contributed by atoms with van der Waals surface area (Å²) in [4.78, 5) is 16.8. The van der Waals surface area contributed by atoms with Crippen LogP contribution in [0.15, 0.2) is 53.7 Å². The third kappa shape index (κ3) is 5.34. The van der Waals surface area contributed by atoms with Gasteiger partial charge in [0.15, 0.2) is 5.71 Å². The average Bonchev–Trinajstić information content (AvgIpc) is 2.70. The molecule has 0 bridgehead atoms. The summed E-state index contributed by atoms with van der Waals surface area (Å²) >= 11 is 0. The lowest BCUT2D eigenvalue weighted by Crippen LogP contribution is -2.30. The normalized spacial score (nSPS) is 12.8. The van der Waals surface area contributed by atoms with Gasteiger partial charge >= 0.3 is 6.18 Å². The first-order valence-electron chi connectivity index (χ1n) is 8.54. The van der Waals surface area contributed by atoms with Crippen LogP contribution in [0.3, 0.4) is 0 Å². The van der Waals surface area contributed by atoms with Gasteiger partial charge in [-0.25, -0.2) is 0 Å². The van der Waals surface area contributed by atoms with E-state index in [2.05, 4.69) is 10.5 Å². The van der Waals surface area contributed by atoms with Crippen molar-refractivity contribution in [3.63, 3.8) is 0 Å². The molecule has 0 aromatic heterocycles. The Kier molecular flexibility index (Phi) is 6.98. The van der Waals surface area contributed by atoms with Gasteiger partial charge in [-0.05, 0) is 30.7 Å². The van der Waals surface area contributed by atoms with Gasteiger partial charge < -0.3 is 14.9 Å². The van der Waals surface area contributed by atoms with E-state index in [9.17, 15) is 18.0 Å². The number of nitrogens with one attached hydrogen (secondary N) is 2. The summed E-state index contributed by atoms with van der Waals surface area (Å²) in [5.41, 5.74) is -0.0722. The van der Waals surface area contributed by atoms with E-state index in [4.69, 9.17) is 15.0 Å². The van der Waals surface area contributed by atoms with Crippen LogP contribution in [-0.4, -0.2) is 31.7 Å². The average molecular weight is 407 g/mol. The lowest BCUT2D eigenvalue weighted by Gasteiger charge is -2.18. The maximum atomic E-state index is 12.9. The van der Waals surface area contributed by atoms with E-state index in [-0.39, 0.29) is 28.3 Å². The Morgan fingerprint density at radius 2 is 1.79 bits per heavy atom. The minimum atomic E-state index is -4.48. The largest absolute Gasteiger partial charge is 0.470 e. The van der Waals surface area contributed by atoms with Crippen LogP contribution in [0, 0.1) is 5.41 Å². The second-order valence-corrected chi connectivity index (χ2v) is 5.96. The van der Waals surface area contributed by atoms with Gasteiger partial charge in [-0.3, -0.25) is 10.2 Å². The molecule has 9 heteroatoms. The Labute approximate surface area is 165 Å². The van der Waals surface area contributed by atoms with Gasteiger partial charge in [-0.1, -0.05) is 35.5 Å². The smallest absolute Gasteiger partial charge is 0.416 e. The molecule has 29 heavy (non-hydrogen) atoms. The van der Waals surface area contributed by atoms with Gasteiger partial charge in [0.2, 0.25) is 5.90 Å². The molecule has 1 amide bonds. The second-order valence-electron chi connectivity index (χ2n) is 5.96. The Morgan fingerprint density at radius 3 is 2.38 bits per heavy atom. The molecule has 0 aliphatic heterocycles. The molecular formula is C20H20F3N3O3. The van der Waals surface area contributed by atoms with Crippen molar-refractivity contribution in [3.8, 4) is 0 Å². The molecule has 0 saturated carbocycles. The number of hydrogen-bond donors (Lipinski definition) is 2. The van der Waals surface area contributed by atoms with E-state index in [1.54, 1.807) is 24.3 Å². The number of nitrogens with zero attached hydrogens (tertiary/aromatic N) is 1. The molecule has 0 aliphatic carbocycles. The molecule has 0 fully saturated rings. The summed E-state index contributed by atoms with van der Waals surface area (Å²) in [5.74, 6) is -0.851. The molecular weight excluding hydrogens is 387 g/mol. The van der Waals surface area contributed by atoms with E-state index < -0.39 is 23.8 Å².